The van der Waals surface area contributed by atoms with E-state index in [4.69, 9.17) is 5.11 Å². The first kappa shape index (κ1) is 19.3. The van der Waals surface area contributed by atoms with Gasteiger partial charge in [-0.1, -0.05) is 12.1 Å². The topological polar surface area (TPSA) is 91.3 Å². The average molecular weight is 391 g/mol. The van der Waals surface area contributed by atoms with Crippen molar-refractivity contribution >= 4 is 28.5 Å². The molecule has 0 aliphatic heterocycles. The van der Waals surface area contributed by atoms with Crippen molar-refractivity contribution in [3.63, 3.8) is 0 Å². The lowest BCUT2D eigenvalue weighted by Gasteiger charge is -2.26. The zero-order valence-electron chi connectivity index (χ0n) is 15.0. The Hall–Kier alpha value is -2.48. The maximum atomic E-state index is 13.6. The van der Waals surface area contributed by atoms with Crippen LogP contribution >= 0.6 is 11.3 Å². The summed E-state index contributed by atoms with van der Waals surface area (Å²) in [4.78, 5) is 28.2. The van der Waals surface area contributed by atoms with Crippen LogP contribution in [0.25, 0.3) is 0 Å². The van der Waals surface area contributed by atoms with E-state index in [-0.39, 0.29) is 23.8 Å². The Bertz CT molecular complexity index is 831. The number of carboxylic acids is 1. The molecule has 27 heavy (non-hydrogen) atoms. The van der Waals surface area contributed by atoms with Gasteiger partial charge in [0.05, 0.1) is 5.92 Å². The number of halogens is 1. The summed E-state index contributed by atoms with van der Waals surface area (Å²) < 4.78 is 13.6. The van der Waals surface area contributed by atoms with Crippen molar-refractivity contribution in [2.45, 2.75) is 45.1 Å². The normalized spacial score (nSPS) is 19.5. The molecule has 0 saturated heterocycles. The molecular formula is C19H22FN3O3S. The van der Waals surface area contributed by atoms with E-state index in [2.05, 4.69) is 15.6 Å². The number of hydrogen-bond acceptors (Lipinski definition) is 4. The molecular weight excluding hydrogens is 369 g/mol. The standard InChI is InChI=1S/C19H22FN3O3S/c1-11-2-3-12(9-16(11)20)8-15-10-21-19(27-15)23-18(26)22-14-6-4-13(5-7-14)17(24)25/h2-3,9-10,13-14H,4-8H2,1H3,(H,24,25)(H2,21,22,23,26). The van der Waals surface area contributed by atoms with Gasteiger partial charge >= 0.3 is 12.0 Å². The van der Waals surface area contributed by atoms with E-state index in [1.165, 1.54) is 17.4 Å². The quantitative estimate of drug-likeness (QED) is 0.720. The van der Waals surface area contributed by atoms with Crippen molar-refractivity contribution in [3.8, 4) is 0 Å². The predicted octanol–water partition coefficient (Wildman–Crippen LogP) is 3.95. The number of aromatic nitrogens is 1. The van der Waals surface area contributed by atoms with E-state index in [9.17, 15) is 14.0 Å². The van der Waals surface area contributed by atoms with Crippen LogP contribution in [-0.4, -0.2) is 28.1 Å². The molecule has 2 aromatic rings. The molecule has 1 aromatic heterocycles. The van der Waals surface area contributed by atoms with Gasteiger partial charge in [-0.05, 0) is 49.8 Å². The summed E-state index contributed by atoms with van der Waals surface area (Å²) in [6, 6.07) is 4.79. The maximum absolute atomic E-state index is 13.6. The van der Waals surface area contributed by atoms with E-state index in [1.54, 1.807) is 19.2 Å². The van der Waals surface area contributed by atoms with Gasteiger partial charge in [0.2, 0.25) is 0 Å². The monoisotopic (exact) mass is 391 g/mol. The zero-order valence-corrected chi connectivity index (χ0v) is 15.8. The highest BCUT2D eigenvalue weighted by atomic mass is 32.1. The molecule has 8 heteroatoms. The highest BCUT2D eigenvalue weighted by Gasteiger charge is 2.26. The molecule has 3 N–H and O–H groups in total. The second-order valence-electron chi connectivity index (χ2n) is 6.88. The Morgan fingerprint density at radius 3 is 2.70 bits per heavy atom. The van der Waals surface area contributed by atoms with Crippen molar-refractivity contribution in [3.05, 3.63) is 46.2 Å². The van der Waals surface area contributed by atoms with Crippen LogP contribution in [-0.2, 0) is 11.2 Å². The fourth-order valence-electron chi connectivity index (χ4n) is 3.20. The van der Waals surface area contributed by atoms with Gasteiger partial charge in [0.25, 0.3) is 0 Å². The maximum Gasteiger partial charge on any atom is 0.321 e. The molecule has 1 heterocycles. The van der Waals surface area contributed by atoms with Crippen LogP contribution < -0.4 is 10.6 Å². The molecule has 2 amide bonds. The Balaban J connectivity index is 1.49. The van der Waals surface area contributed by atoms with E-state index in [1.807, 2.05) is 6.07 Å². The van der Waals surface area contributed by atoms with Crippen LogP contribution in [0.2, 0.25) is 0 Å². The van der Waals surface area contributed by atoms with Crippen molar-refractivity contribution in [1.29, 1.82) is 0 Å². The molecule has 1 aromatic carbocycles. The van der Waals surface area contributed by atoms with E-state index >= 15 is 0 Å². The highest BCUT2D eigenvalue weighted by Crippen LogP contribution is 2.25. The van der Waals surface area contributed by atoms with Gasteiger partial charge in [0.1, 0.15) is 5.82 Å². The van der Waals surface area contributed by atoms with Gasteiger partial charge in [0.15, 0.2) is 5.13 Å². The lowest BCUT2D eigenvalue weighted by molar-refractivity contribution is -0.142. The third kappa shape index (κ3) is 5.26. The van der Waals surface area contributed by atoms with Crippen LogP contribution in [0.1, 0.15) is 41.7 Å². The molecule has 6 nitrogen and oxygen atoms in total. The Kier molecular flexibility index (Phi) is 6.05. The molecule has 1 fully saturated rings. The summed E-state index contributed by atoms with van der Waals surface area (Å²) in [6.45, 7) is 1.72. The van der Waals surface area contributed by atoms with E-state index in [0.29, 0.717) is 42.8 Å². The number of rotatable bonds is 5. The summed E-state index contributed by atoms with van der Waals surface area (Å²) in [5, 5.41) is 15.1. The number of carboxylic acid groups (broad SMARTS) is 1. The molecule has 0 radical (unpaired) electrons. The number of nitrogens with zero attached hydrogens (tertiary/aromatic N) is 1. The minimum Gasteiger partial charge on any atom is -0.481 e. The van der Waals surface area contributed by atoms with Crippen molar-refractivity contribution in [2.75, 3.05) is 5.32 Å². The number of carbonyl (C=O) groups excluding carboxylic acids is 1. The second-order valence-corrected chi connectivity index (χ2v) is 7.99. The van der Waals surface area contributed by atoms with Crippen LogP contribution in [0, 0.1) is 18.7 Å². The molecule has 1 saturated carbocycles. The van der Waals surface area contributed by atoms with Gasteiger partial charge in [0, 0.05) is 23.5 Å². The number of amides is 2. The summed E-state index contributed by atoms with van der Waals surface area (Å²) in [5.74, 6) is -1.30. The SMILES string of the molecule is Cc1ccc(Cc2cnc(NC(=O)NC3CCC(C(=O)O)CC3)s2)cc1F. The highest BCUT2D eigenvalue weighted by molar-refractivity contribution is 7.15. The van der Waals surface area contributed by atoms with Crippen LogP contribution in [0.4, 0.5) is 14.3 Å². The molecule has 1 aliphatic carbocycles. The second kappa shape index (κ2) is 8.47. The number of benzene rings is 1. The first-order valence-electron chi connectivity index (χ1n) is 8.91. The van der Waals surface area contributed by atoms with Crippen molar-refractivity contribution < 1.29 is 19.1 Å². The van der Waals surface area contributed by atoms with Gasteiger partial charge < -0.3 is 10.4 Å². The minimum atomic E-state index is -0.762. The summed E-state index contributed by atoms with van der Waals surface area (Å²) in [6.07, 6.45) is 4.70. The van der Waals surface area contributed by atoms with Gasteiger partial charge in [-0.3, -0.25) is 10.1 Å². The van der Waals surface area contributed by atoms with E-state index in [0.717, 1.165) is 10.4 Å². The molecule has 0 atom stereocenters. The number of anilines is 1. The fraction of sp³-hybridized carbons (Fsp3) is 0.421. The third-order valence-electron chi connectivity index (χ3n) is 4.80. The smallest absolute Gasteiger partial charge is 0.321 e. The van der Waals surface area contributed by atoms with Gasteiger partial charge in [-0.2, -0.15) is 0 Å². The largest absolute Gasteiger partial charge is 0.481 e. The number of aryl methyl sites for hydroxylation is 1. The Labute approximate surface area is 160 Å². The lowest BCUT2D eigenvalue weighted by atomic mass is 9.86. The molecule has 0 spiro atoms. The molecule has 0 bridgehead atoms. The van der Waals surface area contributed by atoms with Crippen LogP contribution in [0.5, 0.6) is 0 Å². The van der Waals surface area contributed by atoms with Gasteiger partial charge in [-0.25, -0.2) is 14.2 Å². The van der Waals surface area contributed by atoms with E-state index < -0.39 is 5.97 Å². The zero-order chi connectivity index (χ0) is 19.4. The molecule has 3 rings (SSSR count). The Morgan fingerprint density at radius 1 is 1.30 bits per heavy atom. The number of hydrogen-bond donors (Lipinski definition) is 3. The number of nitrogens with one attached hydrogen (secondary N) is 2. The number of urea groups is 1. The van der Waals surface area contributed by atoms with Gasteiger partial charge in [-0.15, -0.1) is 11.3 Å². The average Bonchev–Trinajstić information content (AvgIpc) is 3.05. The van der Waals surface area contributed by atoms with Crippen LogP contribution in [0.15, 0.2) is 24.4 Å². The molecule has 1 aliphatic rings. The van der Waals surface area contributed by atoms with Crippen molar-refractivity contribution in [2.24, 2.45) is 5.92 Å². The summed E-state index contributed by atoms with van der Waals surface area (Å²) >= 11 is 1.35. The first-order valence-corrected chi connectivity index (χ1v) is 9.72. The minimum absolute atomic E-state index is 0.0180. The first-order chi connectivity index (χ1) is 12.9. The summed E-state index contributed by atoms with van der Waals surface area (Å²) in [7, 11) is 0. The van der Waals surface area contributed by atoms with Crippen molar-refractivity contribution in [1.82, 2.24) is 10.3 Å². The fourth-order valence-corrected chi connectivity index (χ4v) is 4.04. The molecule has 144 valence electrons. The summed E-state index contributed by atoms with van der Waals surface area (Å²) in [5.41, 5.74) is 1.47. The lowest BCUT2D eigenvalue weighted by Crippen LogP contribution is -2.40. The van der Waals surface area contributed by atoms with Crippen LogP contribution in [0.3, 0.4) is 0 Å². The third-order valence-corrected chi connectivity index (χ3v) is 5.71. The Morgan fingerprint density at radius 2 is 2.04 bits per heavy atom. The number of carbonyl (C=O) groups is 2. The number of aliphatic carboxylic acids is 1. The predicted molar refractivity (Wildman–Crippen MR) is 102 cm³/mol. The number of thiazole rings is 1. The molecule has 0 unspecified atom stereocenters.